The molecule has 0 fully saturated rings. The SMILES string of the molecule is C=C/C(=N\C(OC)=C(/C)CNCC(C)(C)O)c1cccc(-c2cccc(-c3ccc(CNCC(C)(C)O)c(OC)n3)c2Cl)c1Cl. The van der Waals surface area contributed by atoms with Gasteiger partial charge in [0.05, 0.1) is 46.9 Å². The van der Waals surface area contributed by atoms with E-state index in [4.69, 9.17) is 42.7 Å². The Morgan fingerprint density at radius 3 is 2.11 bits per heavy atom. The molecule has 242 valence electrons. The van der Waals surface area contributed by atoms with E-state index in [9.17, 15) is 10.2 Å². The quantitative estimate of drug-likeness (QED) is 0.105. The van der Waals surface area contributed by atoms with Gasteiger partial charge in [-0.3, -0.25) is 0 Å². The van der Waals surface area contributed by atoms with Crippen molar-refractivity contribution in [3.8, 4) is 28.3 Å². The lowest BCUT2D eigenvalue weighted by atomic mass is 9.97. The summed E-state index contributed by atoms with van der Waals surface area (Å²) in [7, 11) is 3.13. The summed E-state index contributed by atoms with van der Waals surface area (Å²) >= 11 is 14.1. The summed E-state index contributed by atoms with van der Waals surface area (Å²) in [6.45, 7) is 14.7. The number of pyridine rings is 1. The van der Waals surface area contributed by atoms with E-state index in [2.05, 4.69) is 17.2 Å². The number of nitrogens with one attached hydrogen (secondary N) is 2. The van der Waals surface area contributed by atoms with Crippen molar-refractivity contribution >= 4 is 28.9 Å². The number of hydrogen-bond acceptors (Lipinski definition) is 8. The molecule has 0 radical (unpaired) electrons. The first-order valence-corrected chi connectivity index (χ1v) is 15.4. The fourth-order valence-electron chi connectivity index (χ4n) is 4.58. The highest BCUT2D eigenvalue weighted by Crippen LogP contribution is 2.40. The standard InChI is InChI=1S/C35H44Cl2N4O4/c1-9-28(40-32(44-7)22(2)18-38-20-34(3,4)42)26-14-10-12-24(30(26)36)25-13-11-15-27(31(25)37)29-17-16-23(33(41-29)45-8)19-39-21-35(5,6)43/h9-17,38-39,42-43H,1,18-21H2,2-8H3/b32-22-,40-28+. The molecule has 0 atom stereocenters. The smallest absolute Gasteiger partial charge is 0.218 e. The molecule has 2 aromatic carbocycles. The van der Waals surface area contributed by atoms with Crippen molar-refractivity contribution in [1.82, 2.24) is 15.6 Å². The van der Waals surface area contributed by atoms with E-state index in [0.29, 0.717) is 65.0 Å². The number of halogens is 2. The average molecular weight is 656 g/mol. The zero-order valence-corrected chi connectivity index (χ0v) is 28.6. The van der Waals surface area contributed by atoms with Gasteiger partial charge in [0.2, 0.25) is 11.8 Å². The van der Waals surface area contributed by atoms with Gasteiger partial charge in [-0.2, -0.15) is 0 Å². The van der Waals surface area contributed by atoms with E-state index in [1.807, 2.05) is 55.5 Å². The Morgan fingerprint density at radius 1 is 0.911 bits per heavy atom. The number of aliphatic hydroxyl groups is 2. The first kappa shape index (κ1) is 36.2. The Kier molecular flexibility index (Phi) is 12.8. The fraction of sp³-hybridized carbons (Fsp3) is 0.371. The number of methoxy groups -OCH3 is 2. The average Bonchev–Trinajstić information content (AvgIpc) is 2.97. The maximum absolute atomic E-state index is 10.0. The van der Waals surface area contributed by atoms with Crippen molar-refractivity contribution < 1.29 is 19.7 Å². The minimum atomic E-state index is -0.836. The van der Waals surface area contributed by atoms with E-state index in [-0.39, 0.29) is 0 Å². The van der Waals surface area contributed by atoms with Crippen molar-refractivity contribution in [1.29, 1.82) is 0 Å². The highest BCUT2D eigenvalue weighted by molar-refractivity contribution is 6.40. The number of ether oxygens (including phenoxy) is 2. The third kappa shape index (κ3) is 10.1. The Bertz CT molecular complexity index is 1560. The number of nitrogens with zero attached hydrogens (tertiary/aromatic N) is 2. The molecule has 45 heavy (non-hydrogen) atoms. The highest BCUT2D eigenvalue weighted by Gasteiger charge is 2.19. The normalized spacial score (nSPS) is 13.0. The van der Waals surface area contributed by atoms with Crippen molar-refractivity contribution in [3.05, 3.63) is 93.8 Å². The van der Waals surface area contributed by atoms with E-state index < -0.39 is 11.2 Å². The van der Waals surface area contributed by atoms with Crippen LogP contribution in [0.25, 0.3) is 22.4 Å². The largest absolute Gasteiger partial charge is 0.481 e. The molecule has 0 aliphatic rings. The van der Waals surface area contributed by atoms with Crippen LogP contribution in [-0.4, -0.2) is 66.0 Å². The maximum Gasteiger partial charge on any atom is 0.218 e. The van der Waals surface area contributed by atoms with Crippen LogP contribution in [0.15, 0.2) is 77.6 Å². The molecule has 0 bridgehead atoms. The molecular weight excluding hydrogens is 611 g/mol. The lowest BCUT2D eigenvalue weighted by Gasteiger charge is -2.18. The number of rotatable bonds is 15. The molecular formula is C35H44Cl2N4O4. The number of hydrogen-bond donors (Lipinski definition) is 4. The summed E-state index contributed by atoms with van der Waals surface area (Å²) < 4.78 is 11.2. The van der Waals surface area contributed by atoms with Gasteiger partial charge in [-0.15, -0.1) is 0 Å². The Labute approximate surface area is 276 Å². The Hall–Kier alpha value is -3.24. The van der Waals surface area contributed by atoms with E-state index in [1.165, 1.54) is 0 Å². The molecule has 10 heteroatoms. The van der Waals surface area contributed by atoms with E-state index in [1.54, 1.807) is 48.0 Å². The summed E-state index contributed by atoms with van der Waals surface area (Å²) in [6, 6.07) is 15.2. The number of benzene rings is 2. The predicted molar refractivity (Wildman–Crippen MR) is 185 cm³/mol. The number of aliphatic imine (C=N–C) groups is 1. The molecule has 0 amide bonds. The van der Waals surface area contributed by atoms with Gasteiger partial charge in [0.1, 0.15) is 0 Å². The summed E-state index contributed by atoms with van der Waals surface area (Å²) in [5, 5.41) is 27.4. The monoisotopic (exact) mass is 654 g/mol. The van der Waals surface area contributed by atoms with Crippen LogP contribution in [0.4, 0.5) is 0 Å². The van der Waals surface area contributed by atoms with Crippen LogP contribution in [0.2, 0.25) is 10.0 Å². The molecule has 0 saturated carbocycles. The van der Waals surface area contributed by atoms with E-state index in [0.717, 1.165) is 27.8 Å². The summed E-state index contributed by atoms with van der Waals surface area (Å²) in [5.74, 6) is 0.894. The molecule has 8 nitrogen and oxygen atoms in total. The van der Waals surface area contributed by atoms with Gasteiger partial charge in [0.15, 0.2) is 0 Å². The van der Waals surface area contributed by atoms with Crippen LogP contribution in [0.3, 0.4) is 0 Å². The molecule has 3 rings (SSSR count). The zero-order chi connectivity index (χ0) is 33.4. The molecule has 4 N–H and O–H groups in total. The Morgan fingerprint density at radius 2 is 1.51 bits per heavy atom. The van der Waals surface area contributed by atoms with Gasteiger partial charge >= 0.3 is 0 Å². The fourth-order valence-corrected chi connectivity index (χ4v) is 5.23. The second kappa shape index (κ2) is 15.9. The third-order valence-corrected chi connectivity index (χ3v) is 7.58. The lowest BCUT2D eigenvalue weighted by Crippen LogP contribution is -2.35. The molecule has 0 aliphatic carbocycles. The van der Waals surface area contributed by atoms with Crippen LogP contribution < -0.4 is 15.4 Å². The highest BCUT2D eigenvalue weighted by atomic mass is 35.5. The van der Waals surface area contributed by atoms with Crippen LogP contribution in [0.5, 0.6) is 5.88 Å². The summed E-state index contributed by atoms with van der Waals surface area (Å²) in [4.78, 5) is 9.47. The van der Waals surface area contributed by atoms with Crippen LogP contribution in [-0.2, 0) is 11.3 Å². The summed E-state index contributed by atoms with van der Waals surface area (Å²) in [6.07, 6.45) is 1.63. The first-order chi connectivity index (χ1) is 21.2. The second-order valence-electron chi connectivity index (χ2n) is 12.0. The van der Waals surface area contributed by atoms with Crippen LogP contribution >= 0.6 is 23.2 Å². The van der Waals surface area contributed by atoms with Gasteiger partial charge in [-0.25, -0.2) is 9.98 Å². The lowest BCUT2D eigenvalue weighted by molar-refractivity contribution is 0.0792. The molecule has 0 saturated heterocycles. The van der Waals surface area contributed by atoms with Crippen LogP contribution in [0, 0.1) is 0 Å². The number of aromatic nitrogens is 1. The van der Waals surface area contributed by atoms with Gasteiger partial charge in [-0.05, 0) is 46.8 Å². The van der Waals surface area contributed by atoms with Gasteiger partial charge in [-0.1, -0.05) is 72.2 Å². The van der Waals surface area contributed by atoms with Crippen LogP contribution in [0.1, 0.15) is 45.7 Å². The minimum Gasteiger partial charge on any atom is -0.481 e. The van der Waals surface area contributed by atoms with Crippen molar-refractivity contribution in [2.24, 2.45) is 4.99 Å². The van der Waals surface area contributed by atoms with Crippen molar-refractivity contribution in [2.75, 3.05) is 33.9 Å². The third-order valence-electron chi connectivity index (χ3n) is 6.77. The maximum atomic E-state index is 10.0. The molecule has 0 aliphatic heterocycles. The van der Waals surface area contributed by atoms with Gasteiger partial charge in [0.25, 0.3) is 0 Å². The van der Waals surface area contributed by atoms with Gasteiger partial charge in [0, 0.05) is 59.6 Å². The van der Waals surface area contributed by atoms with Crippen molar-refractivity contribution in [2.45, 2.75) is 52.4 Å². The van der Waals surface area contributed by atoms with E-state index >= 15 is 0 Å². The molecule has 3 aromatic rings. The number of allylic oxidation sites excluding steroid dienone is 1. The Balaban J connectivity index is 1.98. The first-order valence-electron chi connectivity index (χ1n) is 14.6. The molecule has 0 spiro atoms. The minimum absolute atomic E-state index is 0.416. The molecule has 1 heterocycles. The summed E-state index contributed by atoms with van der Waals surface area (Å²) in [5.41, 5.74) is 4.07. The van der Waals surface area contributed by atoms with Gasteiger partial charge < -0.3 is 30.3 Å². The van der Waals surface area contributed by atoms with Crippen molar-refractivity contribution in [3.63, 3.8) is 0 Å². The zero-order valence-electron chi connectivity index (χ0n) is 27.1. The molecule has 0 unspecified atom stereocenters. The topological polar surface area (TPSA) is 108 Å². The predicted octanol–water partition coefficient (Wildman–Crippen LogP) is 6.81. The molecule has 1 aromatic heterocycles. The second-order valence-corrected chi connectivity index (χ2v) is 12.8.